The third-order valence-corrected chi connectivity index (χ3v) is 8.78. The summed E-state index contributed by atoms with van der Waals surface area (Å²) < 4.78 is 55.1. The van der Waals surface area contributed by atoms with Crippen molar-refractivity contribution in [2.75, 3.05) is 37.9 Å². The molecule has 0 amide bonds. The molecule has 2 atom stereocenters. The van der Waals surface area contributed by atoms with Gasteiger partial charge in [0.05, 0.1) is 62.0 Å². The molecule has 1 heterocycles. The topological polar surface area (TPSA) is 218 Å². The largest absolute Gasteiger partial charge is 0.493 e. The van der Waals surface area contributed by atoms with Crippen LogP contribution in [0.1, 0.15) is 62.3 Å². The lowest BCUT2D eigenvalue weighted by molar-refractivity contribution is -0.492. The van der Waals surface area contributed by atoms with Crippen LogP contribution in [0.5, 0.6) is 11.5 Å². The van der Waals surface area contributed by atoms with Crippen molar-refractivity contribution in [3.8, 4) is 22.8 Å². The number of aliphatic hydroxyl groups is 2. The fraction of sp³-hybridized carbons (Fsp3) is 0.389. The quantitative estimate of drug-likeness (QED) is 0.0414. The van der Waals surface area contributed by atoms with Crippen LogP contribution in [-0.2, 0) is 29.2 Å². The van der Waals surface area contributed by atoms with Gasteiger partial charge in [0, 0.05) is 30.7 Å². The first kappa shape index (κ1) is 43.6. The number of hydrogen-bond acceptors (Lipinski definition) is 15. The molecular formula is C36H45FN4O12S. The van der Waals surface area contributed by atoms with Crippen molar-refractivity contribution in [2.45, 2.75) is 57.7 Å². The number of halogens is 1. The van der Waals surface area contributed by atoms with Crippen molar-refractivity contribution in [2.24, 2.45) is 0 Å². The Labute approximate surface area is 312 Å². The SMILES string of the molecule is COc1cc(/C=C/C(=O)OCCCCON(O)O)ccc1OC(=O)C[C@H](O)C[C@H](O)/C=C/c1c(-c2ccc(F)cc2)nc(N(C)S(C)(=O)=O)nc1C(C)C. The first-order valence-corrected chi connectivity index (χ1v) is 18.5. The number of esters is 2. The molecule has 0 saturated heterocycles. The number of aromatic nitrogens is 2. The number of ether oxygens (including phenoxy) is 3. The predicted octanol–water partition coefficient (Wildman–Crippen LogP) is 4.28. The summed E-state index contributed by atoms with van der Waals surface area (Å²) in [5.74, 6) is -1.99. The Morgan fingerprint density at radius 2 is 1.67 bits per heavy atom. The first-order chi connectivity index (χ1) is 25.5. The summed E-state index contributed by atoms with van der Waals surface area (Å²) >= 11 is 0. The number of aliphatic hydroxyl groups excluding tert-OH is 2. The van der Waals surface area contributed by atoms with E-state index >= 15 is 0 Å². The molecule has 294 valence electrons. The van der Waals surface area contributed by atoms with Gasteiger partial charge in [-0.05, 0) is 66.8 Å². The summed E-state index contributed by atoms with van der Waals surface area (Å²) in [6.45, 7) is 3.81. The van der Waals surface area contributed by atoms with Gasteiger partial charge in [0.15, 0.2) is 11.5 Å². The van der Waals surface area contributed by atoms with Gasteiger partial charge >= 0.3 is 11.9 Å². The van der Waals surface area contributed by atoms with Crippen LogP contribution in [0.3, 0.4) is 0 Å². The van der Waals surface area contributed by atoms with Gasteiger partial charge in [-0.3, -0.25) is 20.0 Å². The van der Waals surface area contributed by atoms with E-state index in [1.165, 1.54) is 74.9 Å². The van der Waals surface area contributed by atoms with Crippen molar-refractivity contribution in [1.29, 1.82) is 0 Å². The zero-order chi connectivity index (χ0) is 40.0. The molecule has 3 rings (SSSR count). The molecule has 0 saturated carbocycles. The lowest BCUT2D eigenvalue weighted by atomic mass is 9.97. The zero-order valence-corrected chi connectivity index (χ0v) is 31.3. The Bertz CT molecular complexity index is 1890. The highest BCUT2D eigenvalue weighted by molar-refractivity contribution is 7.92. The highest BCUT2D eigenvalue weighted by Gasteiger charge is 2.23. The first-order valence-electron chi connectivity index (χ1n) is 16.7. The molecule has 54 heavy (non-hydrogen) atoms. The molecule has 0 spiro atoms. The molecule has 0 bridgehead atoms. The van der Waals surface area contributed by atoms with E-state index in [0.717, 1.165) is 10.6 Å². The Balaban J connectivity index is 1.66. The maximum atomic E-state index is 13.8. The molecule has 0 fully saturated rings. The predicted molar refractivity (Wildman–Crippen MR) is 194 cm³/mol. The maximum absolute atomic E-state index is 13.8. The Kier molecular flexibility index (Phi) is 16.6. The van der Waals surface area contributed by atoms with Gasteiger partial charge in [0.1, 0.15) is 5.82 Å². The third kappa shape index (κ3) is 13.9. The molecule has 0 radical (unpaired) electrons. The average Bonchev–Trinajstić information content (AvgIpc) is 3.10. The summed E-state index contributed by atoms with van der Waals surface area (Å²) in [5.41, 5.74) is 2.19. The molecule has 4 N–H and O–H groups in total. The number of hydrogen-bond donors (Lipinski definition) is 4. The van der Waals surface area contributed by atoms with Gasteiger partial charge in [0.2, 0.25) is 16.0 Å². The number of methoxy groups -OCH3 is 1. The van der Waals surface area contributed by atoms with Crippen LogP contribution in [-0.4, -0.2) is 102 Å². The van der Waals surface area contributed by atoms with Crippen LogP contribution in [0, 0.1) is 5.82 Å². The van der Waals surface area contributed by atoms with E-state index in [1.807, 2.05) is 13.8 Å². The smallest absolute Gasteiger partial charge is 0.330 e. The average molecular weight is 777 g/mol. The minimum Gasteiger partial charge on any atom is -0.493 e. The standard InChI is InChI=1S/C36H45FN4O12S/c1-23(2)34-29(35(25-10-12-26(37)13-11-25)39-36(38-34)40(3)54(5,48)49)15-14-27(42)21-28(43)22-33(45)53-30-16-8-24(20-31(30)50-4)9-17-32(44)51-18-6-7-19-52-41(46)47/h8-17,20,23,27-28,42-43,46-47H,6-7,18-19,21-22H2,1-5H3/b15-14+,17-9+/t27-,28-/m1/s1. The van der Waals surface area contributed by atoms with Gasteiger partial charge in [-0.1, -0.05) is 32.1 Å². The number of nitrogens with zero attached hydrogens (tertiary/aromatic N) is 4. The van der Waals surface area contributed by atoms with Gasteiger partial charge in [-0.25, -0.2) is 31.9 Å². The van der Waals surface area contributed by atoms with Gasteiger partial charge in [-0.15, -0.1) is 0 Å². The Hall–Kier alpha value is -4.82. The summed E-state index contributed by atoms with van der Waals surface area (Å²) in [7, 11) is -1.04. The molecule has 16 nitrogen and oxygen atoms in total. The lowest BCUT2D eigenvalue weighted by Gasteiger charge is -2.20. The molecule has 0 aliphatic heterocycles. The summed E-state index contributed by atoms with van der Waals surface area (Å²) in [5, 5.41) is 38.0. The number of benzene rings is 2. The number of sulfonamides is 1. The van der Waals surface area contributed by atoms with E-state index in [9.17, 15) is 32.6 Å². The Morgan fingerprint density at radius 1 is 0.981 bits per heavy atom. The van der Waals surface area contributed by atoms with Gasteiger partial charge < -0.3 is 24.4 Å². The molecule has 0 unspecified atom stereocenters. The van der Waals surface area contributed by atoms with Crippen molar-refractivity contribution < 1.29 is 62.1 Å². The summed E-state index contributed by atoms with van der Waals surface area (Å²) in [6, 6.07) is 9.98. The number of carbonyl (C=O) groups excluding carboxylic acids is 2. The van der Waals surface area contributed by atoms with Crippen molar-refractivity contribution in [3.63, 3.8) is 0 Å². The lowest BCUT2D eigenvalue weighted by Crippen LogP contribution is -2.27. The highest BCUT2D eigenvalue weighted by atomic mass is 32.2. The van der Waals surface area contributed by atoms with Crippen molar-refractivity contribution >= 4 is 40.1 Å². The molecule has 3 aromatic rings. The molecular weight excluding hydrogens is 731 g/mol. The second-order valence-electron chi connectivity index (χ2n) is 12.3. The number of rotatable bonds is 20. The van der Waals surface area contributed by atoms with Gasteiger partial charge in [0.25, 0.3) is 0 Å². The molecule has 2 aromatic carbocycles. The van der Waals surface area contributed by atoms with Crippen LogP contribution < -0.4 is 13.8 Å². The number of carbonyl (C=O) groups is 2. The van der Waals surface area contributed by atoms with E-state index in [0.29, 0.717) is 40.9 Å². The van der Waals surface area contributed by atoms with Crippen LogP contribution in [0.15, 0.2) is 54.6 Å². The second-order valence-corrected chi connectivity index (χ2v) is 14.3. The van der Waals surface area contributed by atoms with E-state index in [-0.39, 0.29) is 43.0 Å². The maximum Gasteiger partial charge on any atom is 0.330 e. The molecule has 18 heteroatoms. The second kappa shape index (κ2) is 20.6. The molecule has 0 aliphatic rings. The minimum atomic E-state index is -3.72. The minimum absolute atomic E-state index is 0.0271. The van der Waals surface area contributed by atoms with Crippen LogP contribution in [0.2, 0.25) is 0 Å². The van der Waals surface area contributed by atoms with E-state index in [4.69, 9.17) is 24.6 Å². The summed E-state index contributed by atoms with van der Waals surface area (Å²) in [6.07, 6.45) is 4.17. The van der Waals surface area contributed by atoms with E-state index in [2.05, 4.69) is 14.8 Å². The van der Waals surface area contributed by atoms with Crippen molar-refractivity contribution in [3.05, 3.63) is 77.3 Å². The van der Waals surface area contributed by atoms with Crippen LogP contribution >= 0.6 is 0 Å². The number of unbranched alkanes of at least 4 members (excludes halogenated alkanes) is 1. The fourth-order valence-electron chi connectivity index (χ4n) is 4.81. The van der Waals surface area contributed by atoms with E-state index in [1.54, 1.807) is 6.07 Å². The van der Waals surface area contributed by atoms with E-state index < -0.39 is 51.8 Å². The normalized spacial score (nSPS) is 13.1. The zero-order valence-electron chi connectivity index (χ0n) is 30.5. The molecule has 1 aromatic heterocycles. The highest BCUT2D eigenvalue weighted by Crippen LogP contribution is 2.32. The summed E-state index contributed by atoms with van der Waals surface area (Å²) in [4.78, 5) is 38.1. The van der Waals surface area contributed by atoms with Crippen LogP contribution in [0.4, 0.5) is 10.3 Å². The fourth-order valence-corrected chi connectivity index (χ4v) is 5.19. The molecule has 0 aliphatic carbocycles. The Morgan fingerprint density at radius 3 is 2.30 bits per heavy atom. The van der Waals surface area contributed by atoms with Gasteiger partial charge in [-0.2, -0.15) is 0 Å². The monoisotopic (exact) mass is 776 g/mol. The third-order valence-electron chi connectivity index (χ3n) is 7.62. The van der Waals surface area contributed by atoms with Crippen molar-refractivity contribution in [1.82, 2.24) is 15.4 Å². The van der Waals surface area contributed by atoms with Crippen LogP contribution in [0.25, 0.3) is 23.4 Å². The number of anilines is 1.